The Bertz CT molecular complexity index is 837. The van der Waals surface area contributed by atoms with Crippen LogP contribution < -0.4 is 0 Å². The molecule has 0 N–H and O–H groups in total. The third-order valence-electron chi connectivity index (χ3n) is 3.42. The van der Waals surface area contributed by atoms with Gasteiger partial charge in [0.05, 0.1) is 22.5 Å². The zero-order valence-electron chi connectivity index (χ0n) is 14.5. The van der Waals surface area contributed by atoms with Gasteiger partial charge in [-0.25, -0.2) is 0 Å². The highest BCUT2D eigenvalue weighted by molar-refractivity contribution is 7.99. The molecule has 0 spiro atoms. The molecule has 3 nitrogen and oxygen atoms in total. The normalized spacial score (nSPS) is 12.9. The second-order valence-electron chi connectivity index (χ2n) is 6.72. The van der Waals surface area contributed by atoms with Crippen molar-refractivity contribution >= 4 is 11.8 Å². The first-order valence-corrected chi connectivity index (χ1v) is 8.63. The van der Waals surface area contributed by atoms with Crippen LogP contribution in [0, 0.1) is 11.3 Å². The fourth-order valence-corrected chi connectivity index (χ4v) is 3.09. The number of hydrogen-bond donors (Lipinski definition) is 0. The predicted molar refractivity (Wildman–Crippen MR) is 89.2 cm³/mol. The zero-order valence-corrected chi connectivity index (χ0v) is 15.4. The van der Waals surface area contributed by atoms with Gasteiger partial charge in [0, 0.05) is 10.5 Å². The van der Waals surface area contributed by atoms with E-state index in [1.54, 1.807) is 26.8 Å². The minimum atomic E-state index is -4.64. The van der Waals surface area contributed by atoms with E-state index in [9.17, 15) is 26.3 Å². The summed E-state index contributed by atoms with van der Waals surface area (Å²) >= 11 is 0.405. The van der Waals surface area contributed by atoms with Crippen LogP contribution in [0.5, 0.6) is 0 Å². The number of halogens is 6. The van der Waals surface area contributed by atoms with Crippen molar-refractivity contribution in [2.24, 2.45) is 0 Å². The summed E-state index contributed by atoms with van der Waals surface area (Å²) in [4.78, 5) is 0.0335. The molecule has 0 aliphatic carbocycles. The van der Waals surface area contributed by atoms with E-state index in [0.717, 1.165) is 10.7 Å². The fraction of sp³-hybridized carbons (Fsp3) is 0.412. The zero-order chi connectivity index (χ0) is 20.6. The van der Waals surface area contributed by atoms with Crippen LogP contribution >= 0.6 is 11.8 Å². The van der Waals surface area contributed by atoms with Gasteiger partial charge in [-0.05, 0) is 39.0 Å². The third kappa shape index (κ3) is 5.19. The molecule has 0 bridgehead atoms. The molecule has 2 aromatic rings. The summed E-state index contributed by atoms with van der Waals surface area (Å²) in [7, 11) is 0. The first-order chi connectivity index (χ1) is 12.2. The van der Waals surface area contributed by atoms with Gasteiger partial charge in [0.1, 0.15) is 11.8 Å². The van der Waals surface area contributed by atoms with Crippen LogP contribution in [0.2, 0.25) is 0 Å². The van der Waals surface area contributed by atoms with Gasteiger partial charge in [-0.3, -0.25) is 4.68 Å². The van der Waals surface area contributed by atoms with E-state index in [-0.39, 0.29) is 21.7 Å². The number of hydrogen-bond acceptors (Lipinski definition) is 3. The lowest BCUT2D eigenvalue weighted by molar-refractivity contribution is -0.146. The summed E-state index contributed by atoms with van der Waals surface area (Å²) in [6.07, 6.45) is -9.08. The van der Waals surface area contributed by atoms with Crippen molar-refractivity contribution in [1.29, 1.82) is 5.26 Å². The van der Waals surface area contributed by atoms with Gasteiger partial charge in [-0.2, -0.15) is 36.7 Å². The number of nitrogens with zero attached hydrogens (tertiary/aromatic N) is 3. The Balaban J connectivity index is 2.53. The van der Waals surface area contributed by atoms with E-state index in [1.165, 1.54) is 18.2 Å². The molecule has 0 atom stereocenters. The number of thioether (sulfide) groups is 1. The number of rotatable bonds is 3. The fourth-order valence-electron chi connectivity index (χ4n) is 2.29. The predicted octanol–water partition coefficient (Wildman–Crippen LogP) is 5.85. The van der Waals surface area contributed by atoms with Gasteiger partial charge in [0.2, 0.25) is 0 Å². The molecule has 0 saturated heterocycles. The summed E-state index contributed by atoms with van der Waals surface area (Å²) in [6.45, 7) is 4.67. The summed E-state index contributed by atoms with van der Waals surface area (Å²) < 4.78 is 78.2. The van der Waals surface area contributed by atoms with Crippen molar-refractivity contribution < 1.29 is 26.3 Å². The number of benzene rings is 1. The Morgan fingerprint density at radius 3 is 2.15 bits per heavy atom. The highest BCUT2D eigenvalue weighted by Crippen LogP contribution is 2.37. The van der Waals surface area contributed by atoms with Crippen molar-refractivity contribution in [3.8, 4) is 17.3 Å². The molecule has 10 heteroatoms. The summed E-state index contributed by atoms with van der Waals surface area (Å²) in [5, 5.41) is 13.1. The van der Waals surface area contributed by atoms with Crippen molar-refractivity contribution in [2.45, 2.75) is 43.6 Å². The molecule has 1 heterocycles. The largest absolute Gasteiger partial charge is 0.433 e. The quantitative estimate of drug-likeness (QED) is 0.473. The smallest absolute Gasteiger partial charge is 0.255 e. The van der Waals surface area contributed by atoms with Gasteiger partial charge in [0.25, 0.3) is 0 Å². The van der Waals surface area contributed by atoms with E-state index >= 15 is 0 Å². The molecule has 2 rings (SSSR count). The van der Waals surface area contributed by atoms with Gasteiger partial charge in [-0.1, -0.05) is 6.07 Å². The van der Waals surface area contributed by atoms with Crippen LogP contribution in [0.25, 0.3) is 11.3 Å². The Kier molecular flexibility index (Phi) is 5.57. The van der Waals surface area contributed by atoms with E-state index in [2.05, 4.69) is 5.10 Å². The van der Waals surface area contributed by atoms with Crippen molar-refractivity contribution in [1.82, 2.24) is 9.78 Å². The molecule has 1 aromatic heterocycles. The molecule has 0 amide bonds. The van der Waals surface area contributed by atoms with E-state index in [4.69, 9.17) is 5.26 Å². The minimum Gasteiger partial charge on any atom is -0.255 e. The van der Waals surface area contributed by atoms with E-state index in [0.29, 0.717) is 11.8 Å². The van der Waals surface area contributed by atoms with Gasteiger partial charge < -0.3 is 0 Å². The maximum atomic E-state index is 13.3. The molecule has 146 valence electrons. The highest BCUT2D eigenvalue weighted by atomic mass is 32.2. The lowest BCUT2D eigenvalue weighted by Gasteiger charge is -2.23. The average molecular weight is 407 g/mol. The van der Waals surface area contributed by atoms with Gasteiger partial charge in [-0.15, -0.1) is 11.8 Å². The lowest BCUT2D eigenvalue weighted by atomic mass is 10.1. The van der Waals surface area contributed by atoms with Crippen LogP contribution in [0.4, 0.5) is 26.3 Å². The highest BCUT2D eigenvalue weighted by Gasteiger charge is 2.38. The van der Waals surface area contributed by atoms with Gasteiger partial charge >= 0.3 is 12.4 Å². The van der Waals surface area contributed by atoms with Crippen LogP contribution in [0.15, 0.2) is 29.2 Å². The van der Waals surface area contributed by atoms with Crippen molar-refractivity contribution in [3.05, 3.63) is 35.5 Å². The van der Waals surface area contributed by atoms with Crippen molar-refractivity contribution in [2.75, 3.05) is 5.75 Å². The van der Waals surface area contributed by atoms with Crippen LogP contribution in [-0.2, 0) is 11.7 Å². The van der Waals surface area contributed by atoms with E-state index < -0.39 is 29.3 Å². The first kappa shape index (κ1) is 21.2. The molecule has 0 aliphatic rings. The topological polar surface area (TPSA) is 41.6 Å². The van der Waals surface area contributed by atoms with Crippen LogP contribution in [-0.4, -0.2) is 21.7 Å². The van der Waals surface area contributed by atoms with E-state index in [1.807, 2.05) is 0 Å². The molecular weight excluding hydrogens is 392 g/mol. The molecule has 1 aromatic carbocycles. The van der Waals surface area contributed by atoms with Gasteiger partial charge in [0.15, 0.2) is 0 Å². The second-order valence-corrected chi connectivity index (χ2v) is 7.74. The molecule has 27 heavy (non-hydrogen) atoms. The molecule has 0 unspecified atom stereocenters. The molecule has 0 radical (unpaired) electrons. The second kappa shape index (κ2) is 7.11. The Morgan fingerprint density at radius 2 is 1.70 bits per heavy atom. The third-order valence-corrected chi connectivity index (χ3v) is 4.54. The van der Waals surface area contributed by atoms with Crippen LogP contribution in [0.1, 0.15) is 32.0 Å². The Labute approximate surface area is 156 Å². The minimum absolute atomic E-state index is 0.0132. The first-order valence-electron chi connectivity index (χ1n) is 7.64. The number of aromatic nitrogens is 2. The number of nitriles is 1. The monoisotopic (exact) mass is 407 g/mol. The molecular formula is C17H15F6N3S. The SMILES string of the molecule is CC(C)(C)n1nc(-c2ccc(C#N)c(SCC(F)(F)F)c2)cc1C(F)(F)F. The molecule has 0 saturated carbocycles. The summed E-state index contributed by atoms with van der Waals surface area (Å²) in [5.74, 6) is -1.21. The maximum absolute atomic E-state index is 13.3. The summed E-state index contributed by atoms with van der Waals surface area (Å²) in [6, 6.07) is 6.53. The standard InChI is InChI=1S/C17H15F6N3S/c1-15(2,3)26-14(17(21,22)23)7-12(25-26)10-4-5-11(8-24)13(6-10)27-9-16(18,19)20/h4-7H,9H2,1-3H3. The molecule has 0 fully saturated rings. The Morgan fingerprint density at radius 1 is 1.07 bits per heavy atom. The van der Waals surface area contributed by atoms with Crippen molar-refractivity contribution in [3.63, 3.8) is 0 Å². The maximum Gasteiger partial charge on any atom is 0.433 e. The number of alkyl halides is 6. The van der Waals surface area contributed by atoms with Crippen LogP contribution in [0.3, 0.4) is 0 Å². The Hall–Kier alpha value is -2.15. The molecule has 0 aliphatic heterocycles. The average Bonchev–Trinajstić information content (AvgIpc) is 2.97. The lowest BCUT2D eigenvalue weighted by Crippen LogP contribution is -2.28. The summed E-state index contributed by atoms with van der Waals surface area (Å²) in [5.41, 5.74) is -1.73.